The first-order valence-corrected chi connectivity index (χ1v) is 13.2. The predicted molar refractivity (Wildman–Crippen MR) is 116 cm³/mol. The first-order chi connectivity index (χ1) is 12.3. The Labute approximate surface area is 167 Å². The van der Waals surface area contributed by atoms with E-state index in [-0.39, 0.29) is 17.2 Å². The molecule has 1 unspecified atom stereocenters. The van der Waals surface area contributed by atoms with Gasteiger partial charge in [-0.2, -0.15) is 0 Å². The van der Waals surface area contributed by atoms with Gasteiger partial charge in [-0.05, 0) is 60.9 Å². The van der Waals surface area contributed by atoms with Gasteiger partial charge in [0, 0.05) is 13.2 Å². The Hall–Kier alpha value is -1.00. The van der Waals surface area contributed by atoms with Crippen LogP contribution < -0.4 is 9.16 Å². The van der Waals surface area contributed by atoms with Gasteiger partial charge in [-0.3, -0.25) is 0 Å². The summed E-state index contributed by atoms with van der Waals surface area (Å²) in [5.74, 6) is 2.47. The Morgan fingerprint density at radius 2 is 1.56 bits per heavy atom. The van der Waals surface area contributed by atoms with Crippen molar-refractivity contribution in [1.29, 1.82) is 0 Å². The van der Waals surface area contributed by atoms with Crippen LogP contribution in [0.15, 0.2) is 24.3 Å². The molecule has 1 aliphatic rings. The van der Waals surface area contributed by atoms with E-state index in [1.165, 1.54) is 6.42 Å². The molecule has 3 atom stereocenters. The van der Waals surface area contributed by atoms with E-state index in [0.717, 1.165) is 24.3 Å². The molecule has 1 saturated carbocycles. The maximum Gasteiger partial charge on any atom is 0.250 e. The third-order valence-corrected chi connectivity index (χ3v) is 10.9. The molecule has 27 heavy (non-hydrogen) atoms. The number of hydrogen-bond donors (Lipinski definition) is 0. The van der Waals surface area contributed by atoms with Crippen molar-refractivity contribution in [2.24, 2.45) is 11.3 Å². The van der Waals surface area contributed by atoms with Gasteiger partial charge in [-0.1, -0.05) is 47.6 Å². The zero-order chi connectivity index (χ0) is 20.5. The minimum atomic E-state index is -1.85. The lowest BCUT2D eigenvalue weighted by Gasteiger charge is -2.41. The highest BCUT2D eigenvalue weighted by atomic mass is 28.4. The van der Waals surface area contributed by atoms with Gasteiger partial charge >= 0.3 is 0 Å². The minimum absolute atomic E-state index is 0.108. The average Bonchev–Trinajstić information content (AvgIpc) is 2.53. The highest BCUT2D eigenvalue weighted by Crippen LogP contribution is 2.41. The zero-order valence-corrected chi connectivity index (χ0v) is 19.9. The van der Waals surface area contributed by atoms with Gasteiger partial charge in [0.25, 0.3) is 0 Å². The SMILES string of the molecule is CO[C@@H]1CC(C(C)(C)C)CC[C@H]1Oc1cccc(O[Si](C)(C)C(C)(C)C)c1. The standard InChI is InChI=1S/C23H40O3Si/c1-22(2,3)17-13-14-20(21(15-17)24-7)25-18-11-10-12-19(16-18)26-27(8,9)23(4,5)6/h10-12,16-17,20-21H,13-15H2,1-9H3/t17?,20-,21-/m1/s1. The smallest absolute Gasteiger partial charge is 0.250 e. The Morgan fingerprint density at radius 3 is 2.11 bits per heavy atom. The highest BCUT2D eigenvalue weighted by Gasteiger charge is 2.39. The Balaban J connectivity index is 2.08. The number of methoxy groups -OCH3 is 1. The Bertz CT molecular complexity index is 613. The Kier molecular flexibility index (Phi) is 6.74. The molecule has 0 radical (unpaired) electrons. The zero-order valence-electron chi connectivity index (χ0n) is 18.9. The quantitative estimate of drug-likeness (QED) is 0.523. The van der Waals surface area contributed by atoms with Gasteiger partial charge in [0.15, 0.2) is 0 Å². The molecule has 0 aliphatic heterocycles. The highest BCUT2D eigenvalue weighted by molar-refractivity contribution is 6.74. The van der Waals surface area contributed by atoms with Crippen LogP contribution in [-0.4, -0.2) is 27.6 Å². The molecule has 1 aromatic rings. The summed E-state index contributed by atoms with van der Waals surface area (Å²) in [6.07, 6.45) is 3.54. The van der Waals surface area contributed by atoms with E-state index >= 15 is 0 Å². The van der Waals surface area contributed by atoms with Gasteiger partial charge in [-0.15, -0.1) is 0 Å². The number of benzene rings is 1. The van der Waals surface area contributed by atoms with Crippen LogP contribution in [0.1, 0.15) is 60.8 Å². The van der Waals surface area contributed by atoms with E-state index < -0.39 is 8.32 Å². The van der Waals surface area contributed by atoms with Crippen molar-refractivity contribution in [3.63, 3.8) is 0 Å². The molecule has 0 bridgehead atoms. The second-order valence-electron chi connectivity index (χ2n) is 10.6. The maximum atomic E-state index is 6.44. The molecule has 0 amide bonds. The van der Waals surface area contributed by atoms with E-state index in [2.05, 4.69) is 54.6 Å². The fourth-order valence-corrected chi connectivity index (χ4v) is 4.53. The minimum Gasteiger partial charge on any atom is -0.543 e. The summed E-state index contributed by atoms with van der Waals surface area (Å²) in [5, 5.41) is 0.177. The summed E-state index contributed by atoms with van der Waals surface area (Å²) in [6.45, 7) is 18.3. The molecule has 0 N–H and O–H groups in total. The summed E-state index contributed by atoms with van der Waals surface area (Å²) in [4.78, 5) is 0. The summed E-state index contributed by atoms with van der Waals surface area (Å²) >= 11 is 0. The van der Waals surface area contributed by atoms with Crippen LogP contribution in [0, 0.1) is 11.3 Å². The van der Waals surface area contributed by atoms with Crippen LogP contribution >= 0.6 is 0 Å². The fraction of sp³-hybridized carbons (Fsp3) is 0.739. The van der Waals surface area contributed by atoms with Gasteiger partial charge in [0.05, 0.1) is 6.10 Å². The van der Waals surface area contributed by atoms with Crippen molar-refractivity contribution < 1.29 is 13.9 Å². The van der Waals surface area contributed by atoms with Gasteiger partial charge in [-0.25, -0.2) is 0 Å². The lowest BCUT2D eigenvalue weighted by molar-refractivity contribution is -0.0540. The first-order valence-electron chi connectivity index (χ1n) is 10.3. The van der Waals surface area contributed by atoms with Crippen molar-refractivity contribution in [2.45, 2.75) is 91.1 Å². The lowest BCUT2D eigenvalue weighted by atomic mass is 9.71. The molecule has 0 heterocycles. The second kappa shape index (κ2) is 8.16. The third-order valence-electron chi connectivity index (χ3n) is 6.53. The molecule has 2 rings (SSSR count). The van der Waals surface area contributed by atoms with Crippen molar-refractivity contribution in [2.75, 3.05) is 7.11 Å². The molecule has 1 aromatic carbocycles. The van der Waals surface area contributed by atoms with E-state index in [0.29, 0.717) is 11.3 Å². The van der Waals surface area contributed by atoms with E-state index in [1.54, 1.807) is 0 Å². The summed E-state index contributed by atoms with van der Waals surface area (Å²) in [5.41, 5.74) is 0.318. The molecule has 0 spiro atoms. The molecule has 0 saturated heterocycles. The summed E-state index contributed by atoms with van der Waals surface area (Å²) in [7, 11) is -0.0431. The van der Waals surface area contributed by atoms with Crippen molar-refractivity contribution in [1.82, 2.24) is 0 Å². The molecule has 1 fully saturated rings. The van der Waals surface area contributed by atoms with Crippen LogP contribution in [0.2, 0.25) is 18.1 Å². The van der Waals surface area contributed by atoms with Gasteiger partial charge < -0.3 is 13.9 Å². The number of hydrogen-bond acceptors (Lipinski definition) is 3. The van der Waals surface area contributed by atoms with Crippen LogP contribution in [0.4, 0.5) is 0 Å². The largest absolute Gasteiger partial charge is 0.543 e. The van der Waals surface area contributed by atoms with E-state index in [1.807, 2.05) is 31.4 Å². The molecular weight excluding hydrogens is 352 g/mol. The third kappa shape index (κ3) is 5.74. The van der Waals surface area contributed by atoms with Crippen molar-refractivity contribution in [3.8, 4) is 11.5 Å². The van der Waals surface area contributed by atoms with Crippen LogP contribution in [0.3, 0.4) is 0 Å². The summed E-state index contributed by atoms with van der Waals surface area (Å²) < 4.78 is 18.6. The topological polar surface area (TPSA) is 27.7 Å². The molecular formula is C23H40O3Si. The monoisotopic (exact) mass is 392 g/mol. The summed E-state index contributed by atoms with van der Waals surface area (Å²) in [6, 6.07) is 8.14. The molecule has 0 aromatic heterocycles. The fourth-order valence-electron chi connectivity index (χ4n) is 3.50. The predicted octanol–water partition coefficient (Wildman–Crippen LogP) is 6.68. The van der Waals surface area contributed by atoms with Crippen molar-refractivity contribution >= 4 is 8.32 Å². The Morgan fingerprint density at radius 1 is 0.926 bits per heavy atom. The van der Waals surface area contributed by atoms with Crippen molar-refractivity contribution in [3.05, 3.63) is 24.3 Å². The molecule has 4 heteroatoms. The number of ether oxygens (including phenoxy) is 2. The van der Waals surface area contributed by atoms with Crippen LogP contribution in [-0.2, 0) is 4.74 Å². The second-order valence-corrected chi connectivity index (χ2v) is 15.4. The van der Waals surface area contributed by atoms with E-state index in [9.17, 15) is 0 Å². The molecule has 3 nitrogen and oxygen atoms in total. The maximum absolute atomic E-state index is 6.44. The normalized spacial score (nSPS) is 24.6. The van der Waals surface area contributed by atoms with Gasteiger partial charge in [0.2, 0.25) is 8.32 Å². The van der Waals surface area contributed by atoms with Gasteiger partial charge in [0.1, 0.15) is 17.6 Å². The lowest BCUT2D eigenvalue weighted by Crippen LogP contribution is -2.44. The molecule has 154 valence electrons. The molecule has 1 aliphatic carbocycles. The van der Waals surface area contributed by atoms with Crippen LogP contribution in [0.5, 0.6) is 11.5 Å². The first kappa shape index (κ1) is 22.3. The average molecular weight is 393 g/mol. The number of rotatable bonds is 5. The van der Waals surface area contributed by atoms with E-state index in [4.69, 9.17) is 13.9 Å². The van der Waals surface area contributed by atoms with Crippen LogP contribution in [0.25, 0.3) is 0 Å².